The van der Waals surface area contributed by atoms with Crippen LogP contribution < -0.4 is 14.8 Å². The van der Waals surface area contributed by atoms with Crippen LogP contribution in [-0.4, -0.2) is 29.1 Å². The smallest absolute Gasteiger partial charge is 0.237 e. The predicted molar refractivity (Wildman–Crippen MR) is 98.8 cm³/mol. The molecule has 0 bridgehead atoms. The van der Waals surface area contributed by atoms with Crippen molar-refractivity contribution >= 4 is 34.0 Å². The summed E-state index contributed by atoms with van der Waals surface area (Å²) in [5.41, 5.74) is 1.43. The first kappa shape index (κ1) is 17.8. The maximum Gasteiger partial charge on any atom is 0.237 e. The minimum atomic E-state index is -1.36. The summed E-state index contributed by atoms with van der Waals surface area (Å²) < 4.78 is 23.5. The molecule has 2 aromatic rings. The van der Waals surface area contributed by atoms with Crippen LogP contribution in [0.3, 0.4) is 0 Å². The van der Waals surface area contributed by atoms with Gasteiger partial charge in [0, 0.05) is 28.7 Å². The topological polar surface area (TPSA) is 64.6 Å². The van der Waals surface area contributed by atoms with E-state index in [1.165, 1.54) is 0 Å². The van der Waals surface area contributed by atoms with Gasteiger partial charge in [-0.1, -0.05) is 29.8 Å². The van der Waals surface area contributed by atoms with Gasteiger partial charge < -0.3 is 14.8 Å². The van der Waals surface area contributed by atoms with Gasteiger partial charge >= 0.3 is 0 Å². The second kappa shape index (κ2) is 8.36. The molecule has 1 aliphatic heterocycles. The van der Waals surface area contributed by atoms with E-state index < -0.39 is 10.8 Å². The Morgan fingerprint density at radius 2 is 1.92 bits per heavy atom. The number of anilines is 1. The van der Waals surface area contributed by atoms with Crippen LogP contribution in [0.1, 0.15) is 12.0 Å². The number of hydrogen-bond acceptors (Lipinski definition) is 4. The Labute approximate surface area is 153 Å². The molecule has 0 saturated heterocycles. The number of carbonyl (C=O) groups is 1. The van der Waals surface area contributed by atoms with Crippen LogP contribution in [0.25, 0.3) is 0 Å². The predicted octanol–water partition coefficient (Wildman–Crippen LogP) is 3.39. The highest BCUT2D eigenvalue weighted by atomic mass is 35.5. The van der Waals surface area contributed by atoms with E-state index in [2.05, 4.69) is 5.32 Å². The van der Waals surface area contributed by atoms with E-state index in [1.807, 2.05) is 18.2 Å². The van der Waals surface area contributed by atoms with Gasteiger partial charge in [-0.05, 0) is 29.8 Å². The summed E-state index contributed by atoms with van der Waals surface area (Å²) in [4.78, 5) is 12.0. The molecular formula is C18H18ClNO4S. The average molecular weight is 380 g/mol. The quantitative estimate of drug-likeness (QED) is 0.864. The first-order chi connectivity index (χ1) is 12.1. The Kier molecular flexibility index (Phi) is 5.94. The Balaban J connectivity index is 1.62. The van der Waals surface area contributed by atoms with E-state index in [4.69, 9.17) is 21.1 Å². The molecule has 0 saturated carbocycles. The normalized spacial score (nSPS) is 14.4. The summed E-state index contributed by atoms with van der Waals surface area (Å²) in [5.74, 6) is 0.936. The molecule has 25 heavy (non-hydrogen) atoms. The largest absolute Gasteiger partial charge is 0.489 e. The molecule has 0 spiro atoms. The first-order valence-corrected chi connectivity index (χ1v) is 9.76. The average Bonchev–Trinajstić information content (AvgIpc) is 2.81. The van der Waals surface area contributed by atoms with Crippen LogP contribution in [0, 0.1) is 0 Å². The molecule has 2 aromatic carbocycles. The van der Waals surface area contributed by atoms with Crippen molar-refractivity contribution in [1.82, 2.24) is 0 Å². The van der Waals surface area contributed by atoms with Gasteiger partial charge in [-0.2, -0.15) is 0 Å². The summed E-state index contributed by atoms with van der Waals surface area (Å²) in [6.07, 6.45) is 0.784. The Bertz CT molecular complexity index is 782. The van der Waals surface area contributed by atoms with E-state index in [0.29, 0.717) is 35.4 Å². The number of nitrogens with one attached hydrogen (secondary N) is 1. The Morgan fingerprint density at radius 1 is 1.16 bits per heavy atom. The molecule has 132 valence electrons. The maximum atomic E-state index is 12.3. The van der Waals surface area contributed by atoms with Gasteiger partial charge in [0.05, 0.1) is 18.2 Å². The fraction of sp³-hybridized carbons (Fsp3) is 0.278. The highest BCUT2D eigenvalue weighted by Crippen LogP contribution is 2.38. The fourth-order valence-electron chi connectivity index (χ4n) is 2.47. The number of halogens is 1. The lowest BCUT2D eigenvalue weighted by molar-refractivity contribution is -0.113. The Morgan fingerprint density at radius 3 is 2.72 bits per heavy atom. The lowest BCUT2D eigenvalue weighted by Crippen LogP contribution is -2.20. The molecule has 7 heteroatoms. The molecule has 1 atom stereocenters. The second-order valence-corrected chi connectivity index (χ2v) is 7.46. The molecule has 1 N–H and O–H groups in total. The summed E-state index contributed by atoms with van der Waals surface area (Å²) in [6, 6.07) is 12.6. The number of fused-ring (bicyclic) bond motifs is 1. The third-order valence-corrected chi connectivity index (χ3v) is 5.06. The molecule has 5 nitrogen and oxygen atoms in total. The van der Waals surface area contributed by atoms with Crippen LogP contribution in [0.5, 0.6) is 11.5 Å². The van der Waals surface area contributed by atoms with Crippen molar-refractivity contribution in [2.75, 3.05) is 24.3 Å². The van der Waals surface area contributed by atoms with Gasteiger partial charge in [0.15, 0.2) is 11.5 Å². The van der Waals surface area contributed by atoms with E-state index in [9.17, 15) is 9.00 Å². The molecule has 0 aromatic heterocycles. The van der Waals surface area contributed by atoms with Crippen molar-refractivity contribution in [2.45, 2.75) is 12.2 Å². The van der Waals surface area contributed by atoms with E-state index in [0.717, 1.165) is 12.0 Å². The fourth-order valence-corrected chi connectivity index (χ4v) is 3.76. The summed E-state index contributed by atoms with van der Waals surface area (Å²) in [5, 5.41) is 3.16. The molecule has 1 aliphatic rings. The molecule has 1 unspecified atom stereocenters. The van der Waals surface area contributed by atoms with Gasteiger partial charge in [-0.15, -0.1) is 0 Å². The highest BCUT2D eigenvalue weighted by Gasteiger charge is 2.17. The lowest BCUT2D eigenvalue weighted by atomic mass is 10.2. The van der Waals surface area contributed by atoms with Crippen LogP contribution in [0.15, 0.2) is 42.5 Å². The molecule has 0 radical (unpaired) electrons. The highest BCUT2D eigenvalue weighted by molar-refractivity contribution is 7.84. The zero-order valence-corrected chi connectivity index (χ0v) is 15.1. The van der Waals surface area contributed by atoms with Crippen molar-refractivity contribution < 1.29 is 18.5 Å². The standard InChI is InChI=1S/C18H18ClNO4S/c19-15-9-13(10-16-18(15)24-8-4-7-23-16)11-25(22)12-17(21)20-14-5-2-1-3-6-14/h1-3,5-6,9-10H,4,7-8,11-12H2,(H,20,21). The molecule has 0 fully saturated rings. The molecule has 0 aliphatic carbocycles. The number of benzene rings is 2. The van der Waals surface area contributed by atoms with Gasteiger partial charge in [0.2, 0.25) is 5.91 Å². The number of para-hydroxylation sites is 1. The van der Waals surface area contributed by atoms with Crippen molar-refractivity contribution in [2.24, 2.45) is 0 Å². The number of amides is 1. The van der Waals surface area contributed by atoms with Crippen molar-refractivity contribution in [3.63, 3.8) is 0 Å². The third-order valence-electron chi connectivity index (χ3n) is 3.54. The minimum absolute atomic E-state index is 0.0824. The Hall–Kier alpha value is -2.05. The lowest BCUT2D eigenvalue weighted by Gasteiger charge is -2.11. The van der Waals surface area contributed by atoms with Crippen molar-refractivity contribution in [1.29, 1.82) is 0 Å². The maximum absolute atomic E-state index is 12.3. The summed E-state index contributed by atoms with van der Waals surface area (Å²) in [6.45, 7) is 1.10. The SMILES string of the molecule is O=C(CS(=O)Cc1cc(Cl)c2c(c1)OCCCO2)Nc1ccccc1. The minimum Gasteiger partial charge on any atom is -0.489 e. The van der Waals surface area contributed by atoms with Gasteiger partial charge in [-0.3, -0.25) is 9.00 Å². The molecular weight excluding hydrogens is 362 g/mol. The number of rotatable bonds is 5. The van der Waals surface area contributed by atoms with Crippen LogP contribution in [0.2, 0.25) is 5.02 Å². The van der Waals surface area contributed by atoms with E-state index >= 15 is 0 Å². The van der Waals surface area contributed by atoms with Crippen LogP contribution >= 0.6 is 11.6 Å². The zero-order chi connectivity index (χ0) is 17.6. The van der Waals surface area contributed by atoms with Crippen LogP contribution in [-0.2, 0) is 21.3 Å². The van der Waals surface area contributed by atoms with Crippen molar-refractivity contribution in [3.8, 4) is 11.5 Å². The second-order valence-electron chi connectivity index (χ2n) is 5.60. The monoisotopic (exact) mass is 379 g/mol. The van der Waals surface area contributed by atoms with E-state index in [-0.39, 0.29) is 17.4 Å². The van der Waals surface area contributed by atoms with Crippen molar-refractivity contribution in [3.05, 3.63) is 53.1 Å². The van der Waals surface area contributed by atoms with Crippen LogP contribution in [0.4, 0.5) is 5.69 Å². The zero-order valence-electron chi connectivity index (χ0n) is 13.5. The number of ether oxygens (including phenoxy) is 2. The van der Waals surface area contributed by atoms with E-state index in [1.54, 1.807) is 24.3 Å². The van der Waals surface area contributed by atoms with Gasteiger partial charge in [0.25, 0.3) is 0 Å². The molecule has 3 rings (SSSR count). The molecule has 1 amide bonds. The molecule has 1 heterocycles. The third kappa shape index (κ3) is 4.96. The van der Waals surface area contributed by atoms with Gasteiger partial charge in [0.1, 0.15) is 5.75 Å². The summed E-state index contributed by atoms with van der Waals surface area (Å²) in [7, 11) is -1.36. The van der Waals surface area contributed by atoms with Gasteiger partial charge in [-0.25, -0.2) is 0 Å². The summed E-state index contributed by atoms with van der Waals surface area (Å²) >= 11 is 6.23. The first-order valence-electron chi connectivity index (χ1n) is 7.90. The number of hydrogen-bond donors (Lipinski definition) is 1. The number of carbonyl (C=O) groups excluding carboxylic acids is 1.